The number of sulfone groups is 1. The van der Waals surface area contributed by atoms with E-state index in [1.165, 1.54) is 0 Å². The lowest BCUT2D eigenvalue weighted by Gasteiger charge is -2.24. The number of hydrogen-bond acceptors (Lipinski definition) is 6. The van der Waals surface area contributed by atoms with Gasteiger partial charge in [0, 0.05) is 32.4 Å². The molecule has 28 heavy (non-hydrogen) atoms. The van der Waals surface area contributed by atoms with Crippen molar-refractivity contribution in [3.63, 3.8) is 0 Å². The lowest BCUT2D eigenvalue weighted by atomic mass is 10.2. The molecule has 0 bridgehead atoms. The van der Waals surface area contributed by atoms with Crippen molar-refractivity contribution in [1.29, 1.82) is 0 Å². The number of pyridine rings is 1. The molecule has 0 saturated heterocycles. The first-order chi connectivity index (χ1) is 13.3. The summed E-state index contributed by atoms with van der Waals surface area (Å²) in [5.74, 6) is 0.427. The summed E-state index contributed by atoms with van der Waals surface area (Å²) < 4.78 is 32.6. The van der Waals surface area contributed by atoms with Crippen LogP contribution >= 0.6 is 0 Å². The maximum absolute atomic E-state index is 12.8. The fourth-order valence-electron chi connectivity index (χ4n) is 2.91. The first kappa shape index (κ1) is 22.5. The Hall–Kier alpha value is -1.77. The maximum Gasteiger partial charge on any atom is 0.227 e. The summed E-state index contributed by atoms with van der Waals surface area (Å²) in [5.41, 5.74) is 1.82. The zero-order valence-corrected chi connectivity index (χ0v) is 18.3. The van der Waals surface area contributed by atoms with Crippen LogP contribution in [0.15, 0.2) is 35.7 Å². The van der Waals surface area contributed by atoms with Gasteiger partial charge in [-0.3, -0.25) is 9.88 Å². The van der Waals surface area contributed by atoms with Crippen LogP contribution in [-0.4, -0.2) is 54.4 Å². The standard InChI is InChI=1S/C20H32N4O3S/c1-16(2)9-13-28(25,26)20-22-14-18(24(20)11-12-27-5)15-23(4)17(3)19-8-6-7-10-21-19/h6-8,10,14,16-17H,9,11-13,15H2,1-5H3/t17-/m1/s1. The van der Waals surface area contributed by atoms with Crippen molar-refractivity contribution in [3.8, 4) is 0 Å². The SMILES string of the molecule is COCCn1c(CN(C)[C@H](C)c2ccccn2)cnc1S(=O)(=O)CCC(C)C. The van der Waals surface area contributed by atoms with Gasteiger partial charge in [-0.25, -0.2) is 13.4 Å². The summed E-state index contributed by atoms with van der Waals surface area (Å²) in [6.45, 7) is 7.56. The molecule has 8 heteroatoms. The van der Waals surface area contributed by atoms with Crippen LogP contribution in [0.25, 0.3) is 0 Å². The molecular formula is C20H32N4O3S. The number of hydrogen-bond donors (Lipinski definition) is 0. The zero-order chi connectivity index (χ0) is 20.7. The first-order valence-corrected chi connectivity index (χ1v) is 11.3. The molecule has 0 unspecified atom stereocenters. The molecule has 7 nitrogen and oxygen atoms in total. The highest BCUT2D eigenvalue weighted by Gasteiger charge is 2.24. The number of rotatable bonds is 11. The van der Waals surface area contributed by atoms with Crippen LogP contribution < -0.4 is 0 Å². The summed E-state index contributed by atoms with van der Waals surface area (Å²) in [7, 11) is 0.172. The molecule has 0 aliphatic carbocycles. The molecular weight excluding hydrogens is 376 g/mol. The molecule has 156 valence electrons. The molecule has 0 aliphatic heterocycles. The van der Waals surface area contributed by atoms with E-state index < -0.39 is 9.84 Å². The van der Waals surface area contributed by atoms with Crippen molar-refractivity contribution < 1.29 is 13.2 Å². The Kier molecular flexibility index (Phi) is 8.15. The molecule has 0 fully saturated rings. The van der Waals surface area contributed by atoms with Crippen molar-refractivity contribution in [2.75, 3.05) is 26.5 Å². The Labute approximate surface area is 168 Å². The van der Waals surface area contributed by atoms with Crippen molar-refractivity contribution in [2.24, 2.45) is 5.92 Å². The number of imidazole rings is 1. The fraction of sp³-hybridized carbons (Fsp3) is 0.600. The van der Waals surface area contributed by atoms with Crippen LogP contribution in [0.1, 0.15) is 44.6 Å². The lowest BCUT2D eigenvalue weighted by Crippen LogP contribution is -2.25. The van der Waals surface area contributed by atoms with Gasteiger partial charge in [-0.05, 0) is 38.4 Å². The Bertz CT molecular complexity index is 834. The van der Waals surface area contributed by atoms with E-state index in [4.69, 9.17) is 4.74 Å². The van der Waals surface area contributed by atoms with E-state index in [9.17, 15) is 8.42 Å². The van der Waals surface area contributed by atoms with E-state index in [0.29, 0.717) is 32.0 Å². The highest BCUT2D eigenvalue weighted by Crippen LogP contribution is 2.21. The van der Waals surface area contributed by atoms with Crippen LogP contribution in [0, 0.1) is 5.92 Å². The van der Waals surface area contributed by atoms with Gasteiger partial charge in [0.1, 0.15) is 0 Å². The third-order valence-electron chi connectivity index (χ3n) is 4.85. The first-order valence-electron chi connectivity index (χ1n) is 9.63. The monoisotopic (exact) mass is 408 g/mol. The second kappa shape index (κ2) is 10.1. The third kappa shape index (κ3) is 5.86. The summed E-state index contributed by atoms with van der Waals surface area (Å²) in [4.78, 5) is 10.8. The van der Waals surface area contributed by atoms with Gasteiger partial charge in [0.05, 0.1) is 29.9 Å². The van der Waals surface area contributed by atoms with Gasteiger partial charge >= 0.3 is 0 Å². The number of methoxy groups -OCH3 is 1. The minimum Gasteiger partial charge on any atom is -0.383 e. The topological polar surface area (TPSA) is 77.3 Å². The van der Waals surface area contributed by atoms with Crippen LogP contribution in [0.2, 0.25) is 0 Å². The molecule has 1 atom stereocenters. The quantitative estimate of drug-likeness (QED) is 0.569. The number of aromatic nitrogens is 3. The van der Waals surface area contributed by atoms with Crippen LogP contribution in [0.4, 0.5) is 0 Å². The largest absolute Gasteiger partial charge is 0.383 e. The van der Waals surface area contributed by atoms with Gasteiger partial charge in [-0.2, -0.15) is 0 Å². The van der Waals surface area contributed by atoms with Crippen molar-refractivity contribution >= 4 is 9.84 Å². The highest BCUT2D eigenvalue weighted by atomic mass is 32.2. The van der Waals surface area contributed by atoms with E-state index in [1.807, 2.05) is 39.1 Å². The zero-order valence-electron chi connectivity index (χ0n) is 17.5. The number of nitrogens with zero attached hydrogens (tertiary/aromatic N) is 4. The summed E-state index contributed by atoms with van der Waals surface area (Å²) in [6, 6.07) is 5.94. The smallest absolute Gasteiger partial charge is 0.227 e. The lowest BCUT2D eigenvalue weighted by molar-refractivity contribution is 0.180. The second-order valence-electron chi connectivity index (χ2n) is 7.52. The van der Waals surface area contributed by atoms with Gasteiger partial charge in [0.15, 0.2) is 0 Å². The summed E-state index contributed by atoms with van der Waals surface area (Å²) >= 11 is 0. The minimum absolute atomic E-state index is 0.0907. The van der Waals surface area contributed by atoms with Crippen LogP contribution in [-0.2, 0) is 27.7 Å². The van der Waals surface area contributed by atoms with Crippen LogP contribution in [0.3, 0.4) is 0 Å². The molecule has 2 aromatic heterocycles. The average molecular weight is 409 g/mol. The van der Waals surface area contributed by atoms with Gasteiger partial charge < -0.3 is 9.30 Å². The Morgan fingerprint density at radius 2 is 1.96 bits per heavy atom. The molecule has 0 amide bonds. The van der Waals surface area contributed by atoms with E-state index >= 15 is 0 Å². The van der Waals surface area contributed by atoms with Crippen molar-refractivity contribution in [1.82, 2.24) is 19.4 Å². The summed E-state index contributed by atoms with van der Waals surface area (Å²) in [6.07, 6.45) is 4.06. The maximum atomic E-state index is 12.8. The molecule has 0 aliphatic rings. The van der Waals surface area contributed by atoms with E-state index in [-0.39, 0.29) is 17.0 Å². The fourth-order valence-corrected chi connectivity index (χ4v) is 4.63. The van der Waals surface area contributed by atoms with Gasteiger partial charge in [0.2, 0.25) is 15.0 Å². The molecule has 0 N–H and O–H groups in total. The van der Waals surface area contributed by atoms with Crippen molar-refractivity contribution in [2.45, 2.75) is 51.5 Å². The van der Waals surface area contributed by atoms with E-state index in [1.54, 1.807) is 24.1 Å². The molecule has 0 saturated carbocycles. The molecule has 0 aromatic carbocycles. The van der Waals surface area contributed by atoms with E-state index in [2.05, 4.69) is 21.8 Å². The Balaban J connectivity index is 2.25. The van der Waals surface area contributed by atoms with E-state index in [0.717, 1.165) is 11.4 Å². The number of ether oxygens (including phenoxy) is 1. The predicted octanol–water partition coefficient (Wildman–Crippen LogP) is 2.94. The normalized spacial score (nSPS) is 13.4. The molecule has 0 spiro atoms. The van der Waals surface area contributed by atoms with Gasteiger partial charge in [-0.15, -0.1) is 0 Å². The third-order valence-corrected chi connectivity index (χ3v) is 6.51. The molecule has 2 heterocycles. The minimum atomic E-state index is -3.44. The van der Waals surface area contributed by atoms with Gasteiger partial charge in [-0.1, -0.05) is 19.9 Å². The van der Waals surface area contributed by atoms with Crippen molar-refractivity contribution in [3.05, 3.63) is 42.0 Å². The van der Waals surface area contributed by atoms with Crippen LogP contribution in [0.5, 0.6) is 0 Å². The Morgan fingerprint density at radius 3 is 2.57 bits per heavy atom. The molecule has 0 radical (unpaired) electrons. The second-order valence-corrected chi connectivity index (χ2v) is 9.53. The molecule has 2 aromatic rings. The summed E-state index contributed by atoms with van der Waals surface area (Å²) in [5, 5.41) is 0.138. The van der Waals surface area contributed by atoms with Gasteiger partial charge in [0.25, 0.3) is 0 Å². The molecule has 2 rings (SSSR count). The average Bonchev–Trinajstić information content (AvgIpc) is 3.08. The highest BCUT2D eigenvalue weighted by molar-refractivity contribution is 7.91. The predicted molar refractivity (Wildman–Crippen MR) is 110 cm³/mol. The Morgan fingerprint density at radius 1 is 1.21 bits per heavy atom.